The molecule has 0 amide bonds. The number of hydrogen-bond donors (Lipinski definition) is 0. The Morgan fingerprint density at radius 1 is 1.11 bits per heavy atom. The van der Waals surface area contributed by atoms with E-state index >= 15 is 0 Å². The molecule has 1 saturated carbocycles. The van der Waals surface area contributed by atoms with Gasteiger partial charge in [0.1, 0.15) is 5.01 Å². The normalized spacial score (nSPS) is 20.0. The Balaban J connectivity index is 1.88. The van der Waals surface area contributed by atoms with Crippen LogP contribution >= 0.6 is 11.3 Å². The van der Waals surface area contributed by atoms with Crippen molar-refractivity contribution in [1.29, 1.82) is 0 Å². The lowest BCUT2D eigenvalue weighted by Crippen LogP contribution is -2.24. The molecule has 2 aliphatic rings. The van der Waals surface area contributed by atoms with Crippen molar-refractivity contribution in [2.45, 2.75) is 57.3 Å². The molecule has 4 rings (SSSR count). The van der Waals surface area contributed by atoms with Crippen molar-refractivity contribution >= 4 is 16.3 Å². The Morgan fingerprint density at radius 2 is 1.89 bits per heavy atom. The van der Waals surface area contributed by atoms with Gasteiger partial charge in [0.15, 0.2) is 0 Å². The molecule has 0 unspecified atom stereocenters. The number of hydrogen-bond acceptors (Lipinski definition) is 4. The highest BCUT2D eigenvalue weighted by Crippen LogP contribution is 2.35. The first kappa shape index (κ1) is 11.6. The van der Waals surface area contributed by atoms with Crippen molar-refractivity contribution in [2.24, 2.45) is 0 Å². The summed E-state index contributed by atoms with van der Waals surface area (Å²) in [6, 6.07) is 0. The molecule has 0 saturated heterocycles. The molecule has 0 atom stereocenters. The van der Waals surface area contributed by atoms with E-state index in [4.69, 9.17) is 0 Å². The van der Waals surface area contributed by atoms with Crippen LogP contribution in [-0.2, 0) is 12.8 Å². The average Bonchev–Trinajstić information content (AvgIpc) is 3.07. The molecule has 2 heterocycles. The van der Waals surface area contributed by atoms with Crippen LogP contribution in [0.1, 0.15) is 60.7 Å². The van der Waals surface area contributed by atoms with Gasteiger partial charge in [-0.15, -0.1) is 0 Å². The van der Waals surface area contributed by atoms with Gasteiger partial charge in [-0.05, 0) is 38.5 Å². The van der Waals surface area contributed by atoms with Gasteiger partial charge in [0.05, 0.1) is 5.69 Å². The molecule has 0 radical (unpaired) electrons. The lowest BCUT2D eigenvalue weighted by Gasteiger charge is -2.12. The zero-order valence-electron chi connectivity index (χ0n) is 10.9. The second-order valence-electron chi connectivity index (χ2n) is 5.67. The fourth-order valence-electron chi connectivity index (χ4n) is 3.33. The fraction of sp³-hybridized carbons (Fsp3) is 0.643. The Bertz CT molecular complexity index is 682. The van der Waals surface area contributed by atoms with E-state index in [1.54, 1.807) is 15.9 Å². The lowest BCUT2D eigenvalue weighted by atomic mass is 9.97. The topological polar surface area (TPSA) is 47.3 Å². The van der Waals surface area contributed by atoms with Crippen molar-refractivity contribution in [3.8, 4) is 0 Å². The van der Waals surface area contributed by atoms with E-state index in [1.165, 1.54) is 25.7 Å². The van der Waals surface area contributed by atoms with Gasteiger partial charge in [-0.25, -0.2) is 4.98 Å². The van der Waals surface area contributed by atoms with E-state index in [-0.39, 0.29) is 5.56 Å². The lowest BCUT2D eigenvalue weighted by molar-refractivity contribution is 0.645. The first-order valence-electron chi connectivity index (χ1n) is 7.24. The molecule has 1 fully saturated rings. The summed E-state index contributed by atoms with van der Waals surface area (Å²) in [5, 5.41) is 5.68. The summed E-state index contributed by atoms with van der Waals surface area (Å²) < 4.78 is 1.56. The maximum absolute atomic E-state index is 12.5. The molecule has 2 aromatic rings. The summed E-state index contributed by atoms with van der Waals surface area (Å²) in [6.07, 6.45) is 9.11. The monoisotopic (exact) mass is 275 g/mol. The van der Waals surface area contributed by atoms with E-state index in [0.29, 0.717) is 5.92 Å². The average molecular weight is 275 g/mol. The molecular weight excluding hydrogens is 258 g/mol. The summed E-state index contributed by atoms with van der Waals surface area (Å²) in [5.74, 6) is 0.558. The van der Waals surface area contributed by atoms with Crippen LogP contribution in [0.3, 0.4) is 0 Å². The molecule has 4 nitrogen and oxygen atoms in total. The van der Waals surface area contributed by atoms with E-state index in [0.717, 1.165) is 46.9 Å². The zero-order valence-corrected chi connectivity index (χ0v) is 11.7. The highest BCUT2D eigenvalue weighted by molar-refractivity contribution is 7.16. The quantitative estimate of drug-likeness (QED) is 0.804. The standard InChI is InChI=1S/C14H17N3OS/c18-13-10-7-3-4-8-11(10)15-14-17(13)16-12(19-14)9-5-1-2-6-9/h9H,1-8H2. The summed E-state index contributed by atoms with van der Waals surface area (Å²) in [6.45, 7) is 0. The predicted octanol–water partition coefficient (Wildman–Crippen LogP) is 2.69. The Labute approximate surface area is 115 Å². The predicted molar refractivity (Wildman–Crippen MR) is 75.0 cm³/mol. The maximum Gasteiger partial charge on any atom is 0.278 e. The van der Waals surface area contributed by atoms with Crippen molar-refractivity contribution < 1.29 is 0 Å². The molecule has 0 aliphatic heterocycles. The van der Waals surface area contributed by atoms with Crippen LogP contribution in [0.2, 0.25) is 0 Å². The van der Waals surface area contributed by atoms with Crippen molar-refractivity contribution in [3.63, 3.8) is 0 Å². The van der Waals surface area contributed by atoms with E-state index < -0.39 is 0 Å². The van der Waals surface area contributed by atoms with Gasteiger partial charge < -0.3 is 0 Å². The molecule has 0 spiro atoms. The van der Waals surface area contributed by atoms with Crippen molar-refractivity contribution in [2.75, 3.05) is 0 Å². The zero-order chi connectivity index (χ0) is 12.8. The van der Waals surface area contributed by atoms with Gasteiger partial charge in [0.2, 0.25) is 4.96 Å². The van der Waals surface area contributed by atoms with Crippen LogP contribution in [0.4, 0.5) is 0 Å². The smallest absolute Gasteiger partial charge is 0.267 e. The third-order valence-electron chi connectivity index (χ3n) is 4.40. The van der Waals surface area contributed by atoms with Crippen LogP contribution < -0.4 is 5.56 Å². The summed E-state index contributed by atoms with van der Waals surface area (Å²) >= 11 is 1.62. The number of aryl methyl sites for hydroxylation is 1. The van der Waals surface area contributed by atoms with E-state index in [2.05, 4.69) is 10.1 Å². The van der Waals surface area contributed by atoms with Gasteiger partial charge in [-0.1, -0.05) is 24.2 Å². The van der Waals surface area contributed by atoms with Crippen LogP contribution in [0, 0.1) is 0 Å². The Morgan fingerprint density at radius 3 is 2.74 bits per heavy atom. The Hall–Kier alpha value is -1.23. The van der Waals surface area contributed by atoms with Gasteiger partial charge in [0, 0.05) is 11.5 Å². The summed E-state index contributed by atoms with van der Waals surface area (Å²) in [7, 11) is 0. The molecule has 2 aromatic heterocycles. The minimum Gasteiger partial charge on any atom is -0.267 e. The van der Waals surface area contributed by atoms with Crippen LogP contribution in [-0.4, -0.2) is 14.6 Å². The number of aromatic nitrogens is 3. The third-order valence-corrected chi connectivity index (χ3v) is 5.47. The molecule has 100 valence electrons. The molecular formula is C14H17N3OS. The fourth-order valence-corrected chi connectivity index (χ4v) is 4.40. The Kier molecular flexibility index (Phi) is 2.69. The summed E-state index contributed by atoms with van der Waals surface area (Å²) in [5.41, 5.74) is 2.02. The van der Waals surface area contributed by atoms with Crippen molar-refractivity contribution in [3.05, 3.63) is 26.6 Å². The molecule has 2 aliphatic carbocycles. The summed E-state index contributed by atoms with van der Waals surface area (Å²) in [4.78, 5) is 18.0. The minimum absolute atomic E-state index is 0.0835. The van der Waals surface area contributed by atoms with E-state index in [1.807, 2.05) is 0 Å². The van der Waals surface area contributed by atoms with E-state index in [9.17, 15) is 4.79 Å². The van der Waals surface area contributed by atoms with Crippen molar-refractivity contribution in [1.82, 2.24) is 14.6 Å². The second-order valence-corrected chi connectivity index (χ2v) is 6.65. The first-order valence-corrected chi connectivity index (χ1v) is 8.06. The third kappa shape index (κ3) is 1.83. The molecule has 0 bridgehead atoms. The van der Waals surface area contributed by atoms with Crippen LogP contribution in [0.15, 0.2) is 4.79 Å². The minimum atomic E-state index is 0.0835. The highest BCUT2D eigenvalue weighted by Gasteiger charge is 2.23. The number of rotatable bonds is 1. The molecule has 0 N–H and O–H groups in total. The van der Waals surface area contributed by atoms with Gasteiger partial charge in [-0.3, -0.25) is 4.79 Å². The van der Waals surface area contributed by atoms with Gasteiger partial charge >= 0.3 is 0 Å². The number of nitrogens with zero attached hydrogens (tertiary/aromatic N) is 3. The molecule has 0 aromatic carbocycles. The van der Waals surface area contributed by atoms with Gasteiger partial charge in [0.25, 0.3) is 5.56 Å². The molecule has 19 heavy (non-hydrogen) atoms. The SMILES string of the molecule is O=c1c2c(nc3sc(C4CCCC4)nn13)CCCC2. The molecule has 5 heteroatoms. The van der Waals surface area contributed by atoms with Crippen LogP contribution in [0.5, 0.6) is 0 Å². The second kappa shape index (κ2) is 4.40. The van der Waals surface area contributed by atoms with Gasteiger partial charge in [-0.2, -0.15) is 9.61 Å². The largest absolute Gasteiger partial charge is 0.278 e. The maximum atomic E-state index is 12.5. The first-order chi connectivity index (χ1) is 9.33. The van der Waals surface area contributed by atoms with Crippen LogP contribution in [0.25, 0.3) is 4.96 Å². The number of fused-ring (bicyclic) bond motifs is 2. The highest BCUT2D eigenvalue weighted by atomic mass is 32.1.